The Morgan fingerprint density at radius 2 is 1.94 bits per heavy atom. The molecule has 0 saturated heterocycles. The lowest BCUT2D eigenvalue weighted by Crippen LogP contribution is -2.20. The number of aromatic nitrogens is 2. The van der Waals surface area contributed by atoms with E-state index in [1.54, 1.807) is 36.4 Å². The molecule has 0 amide bonds. The Morgan fingerprint density at radius 3 is 2.56 bits per heavy atom. The van der Waals surface area contributed by atoms with Crippen LogP contribution >= 0.6 is 0 Å². The van der Waals surface area contributed by atoms with E-state index < -0.39 is 18.8 Å². The fourth-order valence-electron chi connectivity index (χ4n) is 3.33. The Morgan fingerprint density at radius 1 is 1.21 bits per heavy atom. The zero-order valence-electron chi connectivity index (χ0n) is 18.0. The van der Waals surface area contributed by atoms with Crippen molar-refractivity contribution < 1.29 is 27.4 Å². The van der Waals surface area contributed by atoms with Gasteiger partial charge in [-0.15, -0.1) is 0 Å². The number of hydrogen-bond acceptors (Lipinski definition) is 7. The quantitative estimate of drug-likeness (QED) is 0.466. The summed E-state index contributed by atoms with van der Waals surface area (Å²) in [5.41, 5.74) is 2.06. The van der Waals surface area contributed by atoms with Gasteiger partial charge < -0.3 is 14.8 Å². The van der Waals surface area contributed by atoms with Crippen LogP contribution in [0.15, 0.2) is 48.7 Å². The van der Waals surface area contributed by atoms with Gasteiger partial charge in [-0.3, -0.25) is 0 Å². The first kappa shape index (κ1) is 23.0. The first-order valence-electron chi connectivity index (χ1n) is 10.3. The number of nitrogens with zero attached hydrogens (tertiary/aromatic N) is 3. The molecular formula is C24H19F3N4O3. The number of carbonyl (C=O) groups excluding carboxylic acids is 1. The van der Waals surface area contributed by atoms with Crippen molar-refractivity contribution in [1.82, 2.24) is 9.97 Å². The number of esters is 1. The number of nitriles is 1. The maximum atomic E-state index is 13.0. The van der Waals surface area contributed by atoms with E-state index in [2.05, 4.69) is 15.3 Å². The normalized spacial score (nSPS) is 13.1. The third-order valence-corrected chi connectivity index (χ3v) is 5.14. The van der Waals surface area contributed by atoms with Crippen LogP contribution in [0.3, 0.4) is 0 Å². The lowest BCUT2D eigenvalue weighted by Gasteiger charge is -2.19. The number of methoxy groups -OCH3 is 1. The van der Waals surface area contributed by atoms with Crippen LogP contribution < -0.4 is 10.1 Å². The lowest BCUT2D eigenvalue weighted by atomic mass is 10.0. The fourth-order valence-corrected chi connectivity index (χ4v) is 3.33. The molecule has 3 aromatic rings. The third-order valence-electron chi connectivity index (χ3n) is 5.14. The number of para-hydroxylation sites is 1. The maximum absolute atomic E-state index is 13.0. The summed E-state index contributed by atoms with van der Waals surface area (Å²) < 4.78 is 49.0. The average Bonchev–Trinajstić information content (AvgIpc) is 3.68. The molecule has 1 aromatic heterocycles. The Bertz CT molecular complexity index is 1250. The molecule has 0 bridgehead atoms. The number of benzene rings is 2. The zero-order chi connectivity index (χ0) is 24.3. The van der Waals surface area contributed by atoms with Crippen molar-refractivity contribution in [3.8, 4) is 22.9 Å². The second kappa shape index (κ2) is 9.39. The van der Waals surface area contributed by atoms with Crippen molar-refractivity contribution in [2.24, 2.45) is 0 Å². The molecule has 1 heterocycles. The van der Waals surface area contributed by atoms with Gasteiger partial charge in [-0.1, -0.05) is 24.3 Å². The van der Waals surface area contributed by atoms with E-state index in [1.807, 2.05) is 6.07 Å². The monoisotopic (exact) mass is 468 g/mol. The average molecular weight is 468 g/mol. The van der Waals surface area contributed by atoms with Crippen LogP contribution in [0.5, 0.6) is 5.75 Å². The Labute approximate surface area is 193 Å². The van der Waals surface area contributed by atoms with Gasteiger partial charge in [0.05, 0.1) is 36.3 Å². The molecule has 0 atom stereocenters. The number of nitrogens with one attached hydrogen (secondary N) is 1. The van der Waals surface area contributed by atoms with Crippen molar-refractivity contribution in [1.29, 1.82) is 5.26 Å². The molecule has 174 valence electrons. The number of ether oxygens (including phenoxy) is 2. The summed E-state index contributed by atoms with van der Waals surface area (Å²) in [6.07, 6.45) is -1.14. The molecule has 34 heavy (non-hydrogen) atoms. The molecule has 0 aliphatic heterocycles. The van der Waals surface area contributed by atoms with Gasteiger partial charge in [0.15, 0.2) is 23.9 Å². The molecule has 1 saturated carbocycles. The van der Waals surface area contributed by atoms with E-state index in [0.717, 1.165) is 12.8 Å². The zero-order valence-corrected chi connectivity index (χ0v) is 18.0. The fraction of sp³-hybridized carbons (Fsp3) is 0.250. The van der Waals surface area contributed by atoms with Crippen LogP contribution in [-0.4, -0.2) is 35.8 Å². The Kier molecular flexibility index (Phi) is 6.36. The number of hydrogen-bond donors (Lipinski definition) is 1. The van der Waals surface area contributed by atoms with Crippen molar-refractivity contribution in [3.05, 3.63) is 65.6 Å². The maximum Gasteiger partial charge on any atom is 0.422 e. The first-order valence-corrected chi connectivity index (χ1v) is 10.3. The Balaban J connectivity index is 1.76. The summed E-state index contributed by atoms with van der Waals surface area (Å²) >= 11 is 0. The molecule has 0 unspecified atom stereocenters. The first-order chi connectivity index (χ1) is 16.3. The van der Waals surface area contributed by atoms with Gasteiger partial charge in [0.2, 0.25) is 0 Å². The highest BCUT2D eigenvalue weighted by Gasteiger charge is 2.31. The van der Waals surface area contributed by atoms with Crippen LogP contribution in [0.1, 0.15) is 40.5 Å². The SMILES string of the molecule is COC(=O)c1nc(C2CC2)cnc1Nc1cccc(-c2ccc(C#N)cc2)c1OCC(F)(F)F. The second-order valence-corrected chi connectivity index (χ2v) is 7.66. The molecule has 10 heteroatoms. The molecule has 0 spiro atoms. The van der Waals surface area contributed by atoms with E-state index in [4.69, 9.17) is 14.7 Å². The standard InChI is InChI=1S/C24H19F3N4O3/c1-33-23(32)20-22(29-12-19(30-20)16-9-10-16)31-18-4-2-3-17(21(18)34-13-24(25,26)27)15-7-5-14(11-28)6-8-15/h2-8,12,16H,9-10,13H2,1H3,(H,29,31). The van der Waals surface area contributed by atoms with Crippen LogP contribution in [0.25, 0.3) is 11.1 Å². The highest BCUT2D eigenvalue weighted by molar-refractivity contribution is 5.94. The summed E-state index contributed by atoms with van der Waals surface area (Å²) in [5, 5.41) is 11.9. The van der Waals surface area contributed by atoms with Gasteiger partial charge >= 0.3 is 12.1 Å². The van der Waals surface area contributed by atoms with E-state index in [1.165, 1.54) is 19.4 Å². The predicted molar refractivity (Wildman–Crippen MR) is 117 cm³/mol. The smallest absolute Gasteiger partial charge is 0.422 e. The molecular weight excluding hydrogens is 449 g/mol. The third kappa shape index (κ3) is 5.26. The molecule has 1 aliphatic rings. The molecule has 1 fully saturated rings. The highest BCUT2D eigenvalue weighted by Crippen LogP contribution is 2.41. The number of rotatable bonds is 7. The largest absolute Gasteiger partial charge is 0.481 e. The minimum Gasteiger partial charge on any atom is -0.481 e. The predicted octanol–water partition coefficient (Wildman–Crippen LogP) is 5.36. The van der Waals surface area contributed by atoms with Crippen molar-refractivity contribution >= 4 is 17.5 Å². The summed E-state index contributed by atoms with van der Waals surface area (Å²) in [6, 6.07) is 13.1. The number of halogens is 3. The van der Waals surface area contributed by atoms with Gasteiger partial charge in [-0.25, -0.2) is 14.8 Å². The minimum absolute atomic E-state index is 0.0325. The number of carbonyl (C=O) groups is 1. The van der Waals surface area contributed by atoms with Gasteiger partial charge in [-0.05, 0) is 36.6 Å². The topological polar surface area (TPSA) is 97.1 Å². The summed E-state index contributed by atoms with van der Waals surface area (Å²) in [4.78, 5) is 21.0. The second-order valence-electron chi connectivity index (χ2n) is 7.66. The van der Waals surface area contributed by atoms with Crippen LogP contribution in [0, 0.1) is 11.3 Å². The van der Waals surface area contributed by atoms with E-state index in [9.17, 15) is 18.0 Å². The van der Waals surface area contributed by atoms with Gasteiger partial charge in [0.1, 0.15) is 0 Å². The highest BCUT2D eigenvalue weighted by atomic mass is 19.4. The molecule has 2 aromatic carbocycles. The van der Waals surface area contributed by atoms with Crippen molar-refractivity contribution in [3.63, 3.8) is 0 Å². The number of alkyl halides is 3. The minimum atomic E-state index is -4.57. The van der Waals surface area contributed by atoms with Crippen LogP contribution in [0.2, 0.25) is 0 Å². The lowest BCUT2D eigenvalue weighted by molar-refractivity contribution is -0.153. The molecule has 4 rings (SSSR count). The van der Waals surface area contributed by atoms with Gasteiger partial charge in [0, 0.05) is 11.5 Å². The van der Waals surface area contributed by atoms with Gasteiger partial charge in [0.25, 0.3) is 0 Å². The summed E-state index contributed by atoms with van der Waals surface area (Å²) in [5.74, 6) is -0.549. The molecule has 7 nitrogen and oxygen atoms in total. The van der Waals surface area contributed by atoms with E-state index >= 15 is 0 Å². The number of anilines is 2. The van der Waals surface area contributed by atoms with Gasteiger partial charge in [-0.2, -0.15) is 18.4 Å². The van der Waals surface area contributed by atoms with Crippen LogP contribution in [-0.2, 0) is 4.74 Å². The van der Waals surface area contributed by atoms with Crippen LogP contribution in [0.4, 0.5) is 24.7 Å². The summed E-state index contributed by atoms with van der Waals surface area (Å²) in [6.45, 7) is -1.52. The summed E-state index contributed by atoms with van der Waals surface area (Å²) in [7, 11) is 1.21. The van der Waals surface area contributed by atoms with Crippen molar-refractivity contribution in [2.75, 3.05) is 19.0 Å². The molecule has 1 aliphatic carbocycles. The molecule has 1 N–H and O–H groups in total. The Hall–Kier alpha value is -4.13. The van der Waals surface area contributed by atoms with Crippen molar-refractivity contribution in [2.45, 2.75) is 24.9 Å². The van der Waals surface area contributed by atoms with E-state index in [0.29, 0.717) is 22.4 Å². The van der Waals surface area contributed by atoms with E-state index in [-0.39, 0.29) is 28.9 Å². The molecule has 0 radical (unpaired) electrons.